The van der Waals surface area contributed by atoms with E-state index in [9.17, 15) is 13.6 Å². The summed E-state index contributed by atoms with van der Waals surface area (Å²) in [4.78, 5) is 15.7. The lowest BCUT2D eigenvalue weighted by Crippen LogP contribution is -2.15. The van der Waals surface area contributed by atoms with Crippen molar-refractivity contribution in [2.24, 2.45) is 0 Å². The second kappa shape index (κ2) is 4.89. The van der Waals surface area contributed by atoms with E-state index in [0.29, 0.717) is 4.88 Å². The fraction of sp³-hybridized carbons (Fsp3) is 0. The Morgan fingerprint density at radius 3 is 2.61 bits per heavy atom. The van der Waals surface area contributed by atoms with E-state index in [1.165, 1.54) is 12.3 Å². The summed E-state index contributed by atoms with van der Waals surface area (Å²) in [5, 5.41) is 10.9. The van der Waals surface area contributed by atoms with Crippen LogP contribution in [0.4, 0.5) is 13.9 Å². The highest BCUT2D eigenvalue weighted by molar-refractivity contribution is 7.16. The van der Waals surface area contributed by atoms with Crippen molar-refractivity contribution in [2.75, 3.05) is 5.32 Å². The first kappa shape index (κ1) is 12.1. The quantitative estimate of drug-likeness (QED) is 0.907. The Morgan fingerprint density at radius 2 is 2.06 bits per heavy atom. The minimum atomic E-state index is -0.954. The van der Waals surface area contributed by atoms with Crippen LogP contribution in [0.3, 0.4) is 0 Å². The molecule has 18 heavy (non-hydrogen) atoms. The van der Waals surface area contributed by atoms with E-state index in [0.717, 1.165) is 23.5 Å². The highest BCUT2D eigenvalue weighted by atomic mass is 32.1. The van der Waals surface area contributed by atoms with Gasteiger partial charge in [-0.2, -0.15) is 5.26 Å². The van der Waals surface area contributed by atoms with Crippen molar-refractivity contribution in [3.63, 3.8) is 0 Å². The topological polar surface area (TPSA) is 65.8 Å². The molecule has 0 radical (unpaired) electrons. The van der Waals surface area contributed by atoms with Gasteiger partial charge in [0.25, 0.3) is 5.91 Å². The van der Waals surface area contributed by atoms with Crippen molar-refractivity contribution in [3.05, 3.63) is 46.5 Å². The number of nitriles is 1. The molecule has 0 bridgehead atoms. The van der Waals surface area contributed by atoms with E-state index in [1.807, 2.05) is 6.07 Å². The van der Waals surface area contributed by atoms with Crippen LogP contribution >= 0.6 is 11.3 Å². The summed E-state index contributed by atoms with van der Waals surface area (Å²) in [6.45, 7) is 0. The minimum absolute atomic E-state index is 0.110. The van der Waals surface area contributed by atoms with E-state index in [-0.39, 0.29) is 5.13 Å². The summed E-state index contributed by atoms with van der Waals surface area (Å²) in [5.41, 5.74) is -0.675. The van der Waals surface area contributed by atoms with Crippen LogP contribution in [-0.2, 0) is 0 Å². The molecule has 0 aliphatic rings. The molecule has 0 unspecified atom stereocenters. The number of aromatic nitrogens is 1. The number of rotatable bonds is 2. The molecule has 0 aliphatic heterocycles. The molecular formula is C11H5F2N3OS. The molecule has 90 valence electrons. The summed E-state index contributed by atoms with van der Waals surface area (Å²) in [6.07, 6.45) is 1.26. The highest BCUT2D eigenvalue weighted by Gasteiger charge is 2.18. The van der Waals surface area contributed by atoms with Gasteiger partial charge in [0.05, 0.1) is 6.20 Å². The van der Waals surface area contributed by atoms with E-state index in [2.05, 4.69) is 10.3 Å². The average molecular weight is 265 g/mol. The standard InChI is InChI=1S/C11H5F2N3OS/c12-7-2-1-3-8(13)9(7)10(17)16-11-15-5-6(4-14)18-11/h1-3,5H,(H,15,16,17). The Balaban J connectivity index is 2.25. The second-order valence-corrected chi connectivity index (χ2v) is 4.22. The summed E-state index contributed by atoms with van der Waals surface area (Å²) in [5.74, 6) is -2.85. The Hall–Kier alpha value is -2.33. The molecule has 0 fully saturated rings. The average Bonchev–Trinajstić information content (AvgIpc) is 2.76. The van der Waals surface area contributed by atoms with Gasteiger partial charge in [0.1, 0.15) is 28.1 Å². The fourth-order valence-corrected chi connectivity index (χ4v) is 1.87. The Labute approximate surface area is 105 Å². The van der Waals surface area contributed by atoms with E-state index < -0.39 is 23.1 Å². The maximum atomic E-state index is 13.3. The molecule has 0 saturated carbocycles. The largest absolute Gasteiger partial charge is 0.298 e. The number of carbonyl (C=O) groups is 1. The number of nitrogens with one attached hydrogen (secondary N) is 1. The van der Waals surface area contributed by atoms with E-state index >= 15 is 0 Å². The number of carbonyl (C=O) groups excluding carboxylic acids is 1. The summed E-state index contributed by atoms with van der Waals surface area (Å²) < 4.78 is 26.6. The Kier molecular flexibility index (Phi) is 3.30. The van der Waals surface area contributed by atoms with Crippen molar-refractivity contribution in [1.82, 2.24) is 4.98 Å². The van der Waals surface area contributed by atoms with Crippen molar-refractivity contribution >= 4 is 22.4 Å². The molecule has 2 rings (SSSR count). The molecule has 1 amide bonds. The molecule has 1 N–H and O–H groups in total. The van der Waals surface area contributed by atoms with Gasteiger partial charge in [-0.15, -0.1) is 0 Å². The minimum Gasteiger partial charge on any atom is -0.298 e. The number of amides is 1. The lowest BCUT2D eigenvalue weighted by Gasteiger charge is -2.03. The van der Waals surface area contributed by atoms with Crippen LogP contribution in [0.25, 0.3) is 0 Å². The lowest BCUT2D eigenvalue weighted by molar-refractivity contribution is 0.101. The summed E-state index contributed by atoms with van der Waals surface area (Å²) in [7, 11) is 0. The van der Waals surface area contributed by atoms with Crippen molar-refractivity contribution in [2.45, 2.75) is 0 Å². The van der Waals surface area contributed by atoms with Crippen LogP contribution in [-0.4, -0.2) is 10.9 Å². The number of hydrogen-bond acceptors (Lipinski definition) is 4. The van der Waals surface area contributed by atoms with Crippen LogP contribution in [0, 0.1) is 23.0 Å². The molecule has 1 aromatic heterocycles. The van der Waals surface area contributed by atoms with E-state index in [4.69, 9.17) is 5.26 Å². The predicted molar refractivity (Wildman–Crippen MR) is 61.1 cm³/mol. The van der Waals surface area contributed by atoms with Gasteiger partial charge < -0.3 is 0 Å². The van der Waals surface area contributed by atoms with Crippen LogP contribution in [0.5, 0.6) is 0 Å². The van der Waals surface area contributed by atoms with Crippen LogP contribution in [0.15, 0.2) is 24.4 Å². The van der Waals surface area contributed by atoms with Gasteiger partial charge >= 0.3 is 0 Å². The number of hydrogen-bond donors (Lipinski definition) is 1. The Bertz CT molecular complexity index is 628. The SMILES string of the molecule is N#Cc1cnc(NC(=O)c2c(F)cccc2F)s1. The molecule has 1 aromatic carbocycles. The predicted octanol–water partition coefficient (Wildman–Crippen LogP) is 2.55. The van der Waals surface area contributed by atoms with Crippen molar-refractivity contribution < 1.29 is 13.6 Å². The first-order valence-corrected chi connectivity index (χ1v) is 5.54. The molecule has 2 aromatic rings. The van der Waals surface area contributed by atoms with Crippen LogP contribution < -0.4 is 5.32 Å². The lowest BCUT2D eigenvalue weighted by atomic mass is 10.2. The zero-order valence-corrected chi connectivity index (χ0v) is 9.59. The van der Waals surface area contributed by atoms with Crippen molar-refractivity contribution in [3.8, 4) is 6.07 Å². The second-order valence-electron chi connectivity index (χ2n) is 3.19. The van der Waals surface area contributed by atoms with Gasteiger partial charge in [0.2, 0.25) is 0 Å². The van der Waals surface area contributed by atoms with Gasteiger partial charge in [0, 0.05) is 0 Å². The third kappa shape index (κ3) is 2.33. The molecule has 1 heterocycles. The molecule has 0 saturated heterocycles. The van der Waals surface area contributed by atoms with E-state index in [1.54, 1.807) is 0 Å². The number of thiazole rings is 1. The molecule has 0 aliphatic carbocycles. The maximum Gasteiger partial charge on any atom is 0.263 e. The number of halogens is 2. The zero-order chi connectivity index (χ0) is 13.1. The van der Waals surface area contributed by atoms with Crippen LogP contribution in [0.1, 0.15) is 15.2 Å². The number of nitrogens with zero attached hydrogens (tertiary/aromatic N) is 2. The monoisotopic (exact) mass is 265 g/mol. The maximum absolute atomic E-state index is 13.3. The van der Waals surface area contributed by atoms with Gasteiger partial charge in [-0.3, -0.25) is 10.1 Å². The molecule has 4 nitrogen and oxygen atoms in total. The molecule has 0 atom stereocenters. The fourth-order valence-electron chi connectivity index (χ4n) is 1.26. The Morgan fingerprint density at radius 1 is 1.39 bits per heavy atom. The zero-order valence-electron chi connectivity index (χ0n) is 8.78. The van der Waals surface area contributed by atoms with Gasteiger partial charge in [0.15, 0.2) is 5.13 Å². The normalized spacial score (nSPS) is 9.83. The molecule has 7 heteroatoms. The third-order valence-corrected chi connectivity index (χ3v) is 2.84. The van der Waals surface area contributed by atoms with Gasteiger partial charge in [-0.05, 0) is 12.1 Å². The van der Waals surface area contributed by atoms with Crippen molar-refractivity contribution in [1.29, 1.82) is 5.26 Å². The smallest absolute Gasteiger partial charge is 0.263 e. The molecule has 0 spiro atoms. The summed E-state index contributed by atoms with van der Waals surface area (Å²) in [6, 6.07) is 4.98. The number of benzene rings is 1. The first-order chi connectivity index (χ1) is 8.61. The van der Waals surface area contributed by atoms with Crippen LogP contribution in [0.2, 0.25) is 0 Å². The first-order valence-electron chi connectivity index (χ1n) is 4.73. The third-order valence-electron chi connectivity index (χ3n) is 2.03. The van der Waals surface area contributed by atoms with Gasteiger partial charge in [-0.1, -0.05) is 17.4 Å². The number of anilines is 1. The highest BCUT2D eigenvalue weighted by Crippen LogP contribution is 2.19. The molecular weight excluding hydrogens is 260 g/mol. The van der Waals surface area contributed by atoms with Gasteiger partial charge in [-0.25, -0.2) is 13.8 Å². The summed E-state index contributed by atoms with van der Waals surface area (Å²) >= 11 is 0.919.